The number of hydrogen-bond donors (Lipinski definition) is 0. The first-order valence-electron chi connectivity index (χ1n) is 3.06. The highest BCUT2D eigenvalue weighted by Gasteiger charge is 2.26. The van der Waals surface area contributed by atoms with Gasteiger partial charge in [0.05, 0.1) is 0 Å². The van der Waals surface area contributed by atoms with Crippen LogP contribution in [0.2, 0.25) is 0 Å². The summed E-state index contributed by atoms with van der Waals surface area (Å²) in [4.78, 5) is 0. The zero-order valence-corrected chi connectivity index (χ0v) is 8.92. The minimum absolute atomic E-state index is 0.579. The van der Waals surface area contributed by atoms with Crippen molar-refractivity contribution in [3.63, 3.8) is 0 Å². The number of benzene rings is 1. The molecule has 66 valence electrons. The smallest absolute Gasteiger partial charge is 0.322 e. The number of ether oxygens (including phenoxy) is 1. The molecule has 1 rings (SSSR count). The van der Waals surface area contributed by atoms with Gasteiger partial charge in [-0.05, 0) is 46.0 Å². The van der Waals surface area contributed by atoms with Crippen LogP contribution in [0.25, 0.3) is 0 Å². The van der Waals surface area contributed by atoms with E-state index in [-0.39, 0.29) is 0 Å². The predicted octanol–water partition coefficient (Wildman–Crippen LogP) is 4.04. The van der Waals surface area contributed by atoms with E-state index < -0.39 is 3.85 Å². The molecule has 12 heavy (non-hydrogen) atoms. The van der Waals surface area contributed by atoms with E-state index in [0.29, 0.717) is 16.7 Å². The summed E-state index contributed by atoms with van der Waals surface area (Å²) in [5, 5.41) is 0. The highest BCUT2D eigenvalue weighted by molar-refractivity contribution is 8.23. The van der Waals surface area contributed by atoms with E-state index >= 15 is 0 Å². The molecule has 0 atom stereocenters. The summed E-state index contributed by atoms with van der Waals surface area (Å²) in [5.41, 5.74) is 0. The first kappa shape index (κ1) is 10.3. The third kappa shape index (κ3) is 3.31. The Balaban J connectivity index is 2.64. The summed E-state index contributed by atoms with van der Waals surface area (Å²) >= 11 is 11.3. The minimum Gasteiger partial charge on any atom is -0.448 e. The van der Waals surface area contributed by atoms with Gasteiger partial charge in [-0.2, -0.15) is 0 Å². The zero-order valence-electron chi connectivity index (χ0n) is 5.84. The SMILES string of the molecule is ClSC(Cl)(Cl)Oc1ccccc1. The molecule has 0 aliphatic rings. The maximum atomic E-state index is 5.63. The average molecular weight is 244 g/mol. The van der Waals surface area contributed by atoms with Gasteiger partial charge in [0.1, 0.15) is 5.75 Å². The summed E-state index contributed by atoms with van der Waals surface area (Å²) in [5.74, 6) is 0.579. The van der Waals surface area contributed by atoms with Gasteiger partial charge >= 0.3 is 3.85 Å². The van der Waals surface area contributed by atoms with Gasteiger partial charge in [0.25, 0.3) is 0 Å². The Hall–Kier alpha value is 0.240. The lowest BCUT2D eigenvalue weighted by molar-refractivity contribution is 0.328. The summed E-state index contributed by atoms with van der Waals surface area (Å²) in [6.07, 6.45) is 0. The monoisotopic (exact) mass is 242 g/mol. The minimum atomic E-state index is -1.43. The van der Waals surface area contributed by atoms with Crippen LogP contribution in [0.3, 0.4) is 0 Å². The molecule has 1 aromatic rings. The molecule has 0 spiro atoms. The fourth-order valence-corrected chi connectivity index (χ4v) is 1.04. The highest BCUT2D eigenvalue weighted by Crippen LogP contribution is 2.39. The molecule has 0 aromatic heterocycles. The lowest BCUT2D eigenvalue weighted by Crippen LogP contribution is -2.14. The Kier molecular flexibility index (Phi) is 3.84. The van der Waals surface area contributed by atoms with Crippen molar-refractivity contribution in [2.45, 2.75) is 3.85 Å². The molecule has 0 amide bonds. The van der Waals surface area contributed by atoms with Crippen molar-refractivity contribution < 1.29 is 4.74 Å². The van der Waals surface area contributed by atoms with E-state index in [1.807, 2.05) is 18.2 Å². The second kappa shape index (κ2) is 4.47. The first-order chi connectivity index (χ1) is 5.64. The Morgan fingerprint density at radius 3 is 2.25 bits per heavy atom. The molecular formula is C7H5Cl3OS. The average Bonchev–Trinajstić information content (AvgIpc) is 2.06. The molecule has 5 heteroatoms. The number of hydrogen-bond acceptors (Lipinski definition) is 2. The summed E-state index contributed by atoms with van der Waals surface area (Å²) < 4.78 is 3.69. The second-order valence-corrected chi connectivity index (χ2v) is 4.85. The predicted molar refractivity (Wildman–Crippen MR) is 55.0 cm³/mol. The first-order valence-corrected chi connectivity index (χ1v) is 5.45. The van der Waals surface area contributed by atoms with Crippen molar-refractivity contribution in [2.75, 3.05) is 0 Å². The Bertz CT molecular complexity index is 240. The van der Waals surface area contributed by atoms with Crippen LogP contribution in [0.4, 0.5) is 0 Å². The normalized spacial score (nSPS) is 11.2. The van der Waals surface area contributed by atoms with Crippen LogP contribution in [0.1, 0.15) is 0 Å². The second-order valence-electron chi connectivity index (χ2n) is 1.96. The molecule has 0 saturated heterocycles. The molecule has 1 nitrogen and oxygen atoms in total. The lowest BCUT2D eigenvalue weighted by atomic mass is 10.3. The van der Waals surface area contributed by atoms with Crippen molar-refractivity contribution in [3.8, 4) is 5.75 Å². The van der Waals surface area contributed by atoms with E-state index in [9.17, 15) is 0 Å². The van der Waals surface area contributed by atoms with E-state index in [0.717, 1.165) is 0 Å². The fraction of sp³-hybridized carbons (Fsp3) is 0.143. The van der Waals surface area contributed by atoms with Gasteiger partial charge in [-0.25, -0.2) is 0 Å². The lowest BCUT2D eigenvalue weighted by Gasteiger charge is -2.16. The van der Waals surface area contributed by atoms with Gasteiger partial charge in [0.15, 0.2) is 0 Å². The summed E-state index contributed by atoms with van der Waals surface area (Å²) in [7, 11) is 6.07. The molecule has 0 saturated carbocycles. The van der Waals surface area contributed by atoms with Gasteiger partial charge in [0.2, 0.25) is 0 Å². The largest absolute Gasteiger partial charge is 0.448 e. The van der Waals surface area contributed by atoms with Gasteiger partial charge in [-0.1, -0.05) is 18.2 Å². The van der Waals surface area contributed by atoms with Crippen LogP contribution in [0.5, 0.6) is 5.75 Å². The van der Waals surface area contributed by atoms with Crippen molar-refractivity contribution in [2.24, 2.45) is 0 Å². The third-order valence-electron chi connectivity index (χ3n) is 1.07. The van der Waals surface area contributed by atoms with Gasteiger partial charge in [0, 0.05) is 11.0 Å². The van der Waals surface area contributed by atoms with E-state index in [4.69, 9.17) is 38.6 Å². The van der Waals surface area contributed by atoms with Crippen molar-refractivity contribution >= 4 is 44.9 Å². The van der Waals surface area contributed by atoms with Gasteiger partial charge in [-0.3, -0.25) is 0 Å². The standard InChI is InChI=1S/C7H5Cl3OS/c8-7(9,12-10)11-6-4-2-1-3-5-6/h1-5H. The van der Waals surface area contributed by atoms with Crippen LogP contribution in [-0.2, 0) is 0 Å². The Morgan fingerprint density at radius 1 is 1.17 bits per heavy atom. The van der Waals surface area contributed by atoms with Crippen LogP contribution in [0, 0.1) is 0 Å². The number of para-hydroxylation sites is 1. The quantitative estimate of drug-likeness (QED) is 0.585. The summed E-state index contributed by atoms with van der Waals surface area (Å²) in [6.45, 7) is 0. The van der Waals surface area contributed by atoms with E-state index in [1.165, 1.54) is 0 Å². The maximum Gasteiger partial charge on any atom is 0.322 e. The Morgan fingerprint density at radius 2 is 1.75 bits per heavy atom. The van der Waals surface area contributed by atoms with Crippen molar-refractivity contribution in [3.05, 3.63) is 30.3 Å². The van der Waals surface area contributed by atoms with Crippen LogP contribution in [0.15, 0.2) is 30.3 Å². The van der Waals surface area contributed by atoms with Crippen molar-refractivity contribution in [1.29, 1.82) is 0 Å². The molecule has 0 radical (unpaired) electrons. The third-order valence-corrected chi connectivity index (χ3v) is 3.08. The number of alkyl halides is 2. The molecule has 0 aliphatic heterocycles. The van der Waals surface area contributed by atoms with E-state index in [1.54, 1.807) is 12.1 Å². The fourth-order valence-electron chi connectivity index (χ4n) is 0.641. The zero-order chi connectivity index (χ0) is 9.03. The molecule has 0 unspecified atom stereocenters. The molecule has 0 bridgehead atoms. The van der Waals surface area contributed by atoms with Crippen LogP contribution >= 0.6 is 44.9 Å². The van der Waals surface area contributed by atoms with Gasteiger partial charge in [-0.15, -0.1) is 0 Å². The number of rotatable bonds is 3. The molecule has 0 aliphatic carbocycles. The maximum absolute atomic E-state index is 5.63. The van der Waals surface area contributed by atoms with Crippen LogP contribution < -0.4 is 4.74 Å². The Labute approximate surface area is 89.4 Å². The highest BCUT2D eigenvalue weighted by atomic mass is 35.7. The van der Waals surface area contributed by atoms with Gasteiger partial charge < -0.3 is 4.74 Å². The van der Waals surface area contributed by atoms with Crippen molar-refractivity contribution in [1.82, 2.24) is 0 Å². The topological polar surface area (TPSA) is 9.23 Å². The summed E-state index contributed by atoms with van der Waals surface area (Å²) in [6, 6.07) is 8.99. The molecule has 0 heterocycles. The molecule has 1 aromatic carbocycles. The molecule has 0 fully saturated rings. The van der Waals surface area contributed by atoms with Crippen LogP contribution in [-0.4, -0.2) is 3.85 Å². The number of halogens is 3. The molecule has 0 N–H and O–H groups in total. The van der Waals surface area contributed by atoms with E-state index in [2.05, 4.69) is 0 Å². The molecular weight excluding hydrogens is 239 g/mol.